The second-order valence-corrected chi connectivity index (χ2v) is 9.53. The van der Waals surface area contributed by atoms with Crippen LogP contribution in [0.1, 0.15) is 6.42 Å². The molecule has 0 heterocycles. The molecule has 3 N–H and O–H groups in total. The van der Waals surface area contributed by atoms with Gasteiger partial charge in [0.1, 0.15) is 11.5 Å². The van der Waals surface area contributed by atoms with E-state index < -0.39 is 92.4 Å². The summed E-state index contributed by atoms with van der Waals surface area (Å²) in [4.78, 5) is 11.2. The average molecular weight is 622 g/mol. The topological polar surface area (TPSA) is 159 Å². The molecule has 0 aliphatic carbocycles. The Hall–Kier alpha value is -2.15. The highest BCUT2D eigenvalue weighted by molar-refractivity contribution is 7.88. The quantitative estimate of drug-likeness (QED) is 0.130. The minimum Gasteiger partial charge on any atom is -0.448 e. The molecule has 220 valence electrons. The summed E-state index contributed by atoms with van der Waals surface area (Å²) in [6.45, 7) is -2.19. The Morgan fingerprint density at radius 3 is 1.43 bits per heavy atom. The predicted octanol–water partition coefficient (Wildman–Crippen LogP) is 2.97. The summed E-state index contributed by atoms with van der Waals surface area (Å²) in [6, 6.07) is 0. The SMILES string of the molecule is O=C(NN=C(CS(=O)(=O)O)CS(=O)(=O)O)OCCC(F)(F)C(F)(F)C(F)(F)C(F)(F)C(F)(F)C(F)(F)F. The molecular weight excluding hydrogens is 611 g/mol. The van der Waals surface area contributed by atoms with Crippen molar-refractivity contribution in [3.63, 3.8) is 0 Å². The summed E-state index contributed by atoms with van der Waals surface area (Å²) in [5.74, 6) is -41.6. The number of ether oxygens (including phenoxy) is 1. The van der Waals surface area contributed by atoms with Crippen molar-refractivity contribution in [1.29, 1.82) is 0 Å². The molecule has 0 aromatic rings. The first kappa shape index (κ1) is 34.9. The van der Waals surface area contributed by atoms with E-state index in [1.807, 2.05) is 0 Å². The van der Waals surface area contributed by atoms with E-state index in [0.717, 1.165) is 5.43 Å². The van der Waals surface area contributed by atoms with E-state index in [1.54, 1.807) is 0 Å². The van der Waals surface area contributed by atoms with Crippen LogP contribution in [-0.4, -0.2) is 91.6 Å². The average Bonchev–Trinajstić information content (AvgIpc) is 2.61. The molecule has 0 unspecified atom stereocenters. The maximum Gasteiger partial charge on any atom is 0.460 e. The number of carbonyl (C=O) groups excluding carboxylic acids is 1. The van der Waals surface area contributed by atoms with Crippen molar-refractivity contribution >= 4 is 32.0 Å². The molecule has 0 aromatic carbocycles. The van der Waals surface area contributed by atoms with Gasteiger partial charge in [-0.1, -0.05) is 0 Å². The van der Waals surface area contributed by atoms with E-state index in [0.29, 0.717) is 0 Å². The fourth-order valence-corrected chi connectivity index (χ4v) is 3.22. The molecule has 0 spiro atoms. The Kier molecular flexibility index (Phi) is 9.93. The van der Waals surface area contributed by atoms with Gasteiger partial charge in [-0.3, -0.25) is 9.11 Å². The van der Waals surface area contributed by atoms with Gasteiger partial charge in [0.2, 0.25) is 0 Å². The molecule has 0 radical (unpaired) electrons. The number of alkyl halides is 13. The lowest BCUT2D eigenvalue weighted by molar-refractivity contribution is -0.440. The Balaban J connectivity index is 5.62. The summed E-state index contributed by atoms with van der Waals surface area (Å²) >= 11 is 0. The third-order valence-corrected chi connectivity index (χ3v) is 5.05. The number of amides is 1. The molecule has 0 rings (SSSR count). The molecule has 10 nitrogen and oxygen atoms in total. The first-order valence-corrected chi connectivity index (χ1v) is 11.5. The van der Waals surface area contributed by atoms with E-state index in [2.05, 4.69) is 9.84 Å². The highest BCUT2D eigenvalue weighted by Gasteiger charge is 2.90. The third kappa shape index (κ3) is 8.17. The minimum atomic E-state index is -8.12. The summed E-state index contributed by atoms with van der Waals surface area (Å²) in [5.41, 5.74) is -0.291. The highest BCUT2D eigenvalue weighted by Crippen LogP contribution is 2.60. The summed E-state index contributed by atoms with van der Waals surface area (Å²) in [6.07, 6.45) is -12.7. The molecule has 37 heavy (non-hydrogen) atoms. The van der Waals surface area contributed by atoms with Gasteiger partial charge in [-0.15, -0.1) is 0 Å². The lowest BCUT2D eigenvalue weighted by Gasteiger charge is -2.39. The van der Waals surface area contributed by atoms with Crippen molar-refractivity contribution in [1.82, 2.24) is 5.43 Å². The van der Waals surface area contributed by atoms with E-state index in [1.165, 1.54) is 0 Å². The Morgan fingerprint density at radius 1 is 0.703 bits per heavy atom. The van der Waals surface area contributed by atoms with Crippen LogP contribution in [0.2, 0.25) is 0 Å². The molecule has 0 bridgehead atoms. The molecule has 0 saturated heterocycles. The van der Waals surface area contributed by atoms with Crippen molar-refractivity contribution < 1.29 is 92.5 Å². The zero-order valence-corrected chi connectivity index (χ0v) is 18.5. The Morgan fingerprint density at radius 2 is 1.08 bits per heavy atom. The lowest BCUT2D eigenvalue weighted by Crippen LogP contribution is -2.70. The van der Waals surface area contributed by atoms with Gasteiger partial charge >= 0.3 is 41.9 Å². The summed E-state index contributed by atoms with van der Waals surface area (Å²) < 4.78 is 232. The second-order valence-electron chi connectivity index (χ2n) is 6.63. The van der Waals surface area contributed by atoms with Crippen molar-refractivity contribution in [3.8, 4) is 0 Å². The van der Waals surface area contributed by atoms with Crippen LogP contribution < -0.4 is 5.43 Å². The third-order valence-electron chi connectivity index (χ3n) is 3.65. The molecule has 0 aromatic heterocycles. The van der Waals surface area contributed by atoms with Gasteiger partial charge in [-0.25, -0.2) is 10.2 Å². The minimum absolute atomic E-state index is 0.995. The number of hydrogen-bond acceptors (Lipinski definition) is 7. The molecule has 25 heteroatoms. The van der Waals surface area contributed by atoms with Gasteiger partial charge in [0.15, 0.2) is 0 Å². The fourth-order valence-electron chi connectivity index (χ4n) is 1.92. The lowest BCUT2D eigenvalue weighted by atomic mass is 9.93. The molecule has 0 fully saturated rings. The molecule has 1 amide bonds. The molecular formula is C12H11F13N2O8S2. The highest BCUT2D eigenvalue weighted by atomic mass is 32.2. The van der Waals surface area contributed by atoms with Crippen LogP contribution in [0.25, 0.3) is 0 Å². The van der Waals surface area contributed by atoms with Crippen LogP contribution >= 0.6 is 0 Å². The van der Waals surface area contributed by atoms with Gasteiger partial charge in [0.25, 0.3) is 20.2 Å². The molecule has 0 aliphatic heterocycles. The van der Waals surface area contributed by atoms with E-state index in [9.17, 15) is 78.7 Å². The summed E-state index contributed by atoms with van der Waals surface area (Å²) in [5, 5.41) is 2.65. The maximum atomic E-state index is 13.5. The molecule has 0 aliphatic rings. The zero-order valence-electron chi connectivity index (χ0n) is 16.8. The largest absolute Gasteiger partial charge is 0.460 e. The number of rotatable bonds is 12. The maximum absolute atomic E-state index is 13.5. The number of hydrogen-bond donors (Lipinski definition) is 3. The van der Waals surface area contributed by atoms with Crippen molar-refractivity contribution in [2.45, 2.75) is 42.2 Å². The first-order valence-electron chi connectivity index (χ1n) is 8.27. The van der Waals surface area contributed by atoms with Crippen LogP contribution in [-0.2, 0) is 25.0 Å². The van der Waals surface area contributed by atoms with Gasteiger partial charge in [-0.05, 0) is 0 Å². The van der Waals surface area contributed by atoms with Gasteiger partial charge in [-0.2, -0.15) is 79.0 Å². The molecule has 0 saturated carbocycles. The fraction of sp³-hybridized carbons (Fsp3) is 0.833. The van der Waals surface area contributed by atoms with Gasteiger partial charge in [0, 0.05) is 0 Å². The van der Waals surface area contributed by atoms with Crippen LogP contribution in [0.3, 0.4) is 0 Å². The van der Waals surface area contributed by atoms with Crippen LogP contribution in [0.15, 0.2) is 5.10 Å². The predicted molar refractivity (Wildman–Crippen MR) is 90.2 cm³/mol. The zero-order chi connectivity index (χ0) is 30.1. The molecule has 0 atom stereocenters. The first-order chi connectivity index (χ1) is 15.9. The van der Waals surface area contributed by atoms with Gasteiger partial charge in [0.05, 0.1) is 18.7 Å². The van der Waals surface area contributed by atoms with Crippen molar-refractivity contribution in [2.24, 2.45) is 5.10 Å². The van der Waals surface area contributed by atoms with Crippen LogP contribution in [0.5, 0.6) is 0 Å². The smallest absolute Gasteiger partial charge is 0.448 e. The van der Waals surface area contributed by atoms with Crippen molar-refractivity contribution in [3.05, 3.63) is 0 Å². The number of nitrogens with one attached hydrogen (secondary N) is 1. The van der Waals surface area contributed by atoms with Crippen LogP contribution in [0.4, 0.5) is 61.9 Å². The Bertz CT molecular complexity index is 1050. The van der Waals surface area contributed by atoms with E-state index in [-0.39, 0.29) is 0 Å². The van der Waals surface area contributed by atoms with Crippen molar-refractivity contribution in [2.75, 3.05) is 18.1 Å². The van der Waals surface area contributed by atoms with E-state index in [4.69, 9.17) is 9.11 Å². The van der Waals surface area contributed by atoms with E-state index >= 15 is 0 Å². The van der Waals surface area contributed by atoms with Gasteiger partial charge < -0.3 is 4.74 Å². The summed E-state index contributed by atoms with van der Waals surface area (Å²) in [7, 11) is -10.2. The monoisotopic (exact) mass is 622 g/mol. The Labute approximate surface area is 196 Å². The standard InChI is InChI=1S/C12H11F13N2O8S2/c13-7(14,8(15,16)9(17,18)10(19,20)11(21,22)12(23,24)25)1-2-35-6(28)27-26-5(3-36(29,30)31)4-37(32,33)34/h1-4H2,(H,27,28)(H,29,30,31)(H,32,33,34). The number of halogens is 13. The number of nitrogens with zero attached hydrogens (tertiary/aromatic N) is 1. The normalized spacial score (nSPS) is 14.8. The number of hydrazone groups is 1. The second kappa shape index (κ2) is 10.5. The van der Waals surface area contributed by atoms with Crippen LogP contribution in [0, 0.1) is 0 Å². The number of carbonyl (C=O) groups is 1.